The van der Waals surface area contributed by atoms with E-state index in [4.69, 9.17) is 9.73 Å². The molecular formula is C33H22N4O6S. The molecule has 4 aromatic carbocycles. The van der Waals surface area contributed by atoms with Crippen LogP contribution in [0.2, 0.25) is 0 Å². The van der Waals surface area contributed by atoms with Crippen LogP contribution in [0.3, 0.4) is 0 Å². The normalized spacial score (nSPS) is 15.5. The van der Waals surface area contributed by atoms with Crippen molar-refractivity contribution in [2.45, 2.75) is 18.9 Å². The number of rotatable bonds is 6. The van der Waals surface area contributed by atoms with Crippen molar-refractivity contribution in [3.05, 3.63) is 165 Å². The molecule has 0 N–H and O–H groups in total. The van der Waals surface area contributed by atoms with Gasteiger partial charge >= 0.3 is 5.69 Å². The average Bonchev–Trinajstić information content (AvgIpc) is 3.34. The lowest BCUT2D eigenvalue weighted by atomic mass is 9.83. The van der Waals surface area contributed by atoms with E-state index in [0.717, 1.165) is 47.4 Å². The number of nitro benzene ring substituents is 2. The number of thiazole rings is 1. The van der Waals surface area contributed by atoms with Gasteiger partial charge in [-0.2, -0.15) is 0 Å². The maximum absolute atomic E-state index is 14.0. The lowest BCUT2D eigenvalue weighted by molar-refractivity contribution is -0.394. The van der Waals surface area contributed by atoms with Crippen LogP contribution in [-0.4, -0.2) is 14.4 Å². The third kappa shape index (κ3) is 4.78. The standard InChI is InChI=1S/C33H22N4O6S/c38-32-29(18-20-7-6-11-24(17-20)43-28-16-14-23(36(39)40)19-27(28)37(41)42)44-33-34-30-25-12-5-4-8-21(25)13-15-26(30)31(35(32)33)22-9-2-1-3-10-22/h1-12,14,16-19,31H,13,15H2/b29-18-/t31-/m1/s1. The molecule has 11 heteroatoms. The first-order chi connectivity index (χ1) is 21.4. The van der Waals surface area contributed by atoms with Crippen LogP contribution < -0.4 is 19.6 Å². The second-order valence-electron chi connectivity index (χ2n) is 10.4. The Bertz CT molecular complexity index is 2200. The Morgan fingerprint density at radius 3 is 2.48 bits per heavy atom. The molecule has 0 amide bonds. The minimum atomic E-state index is -0.728. The fourth-order valence-electron chi connectivity index (χ4n) is 5.75. The molecule has 0 fully saturated rings. The lowest BCUT2D eigenvalue weighted by Gasteiger charge is -2.30. The van der Waals surface area contributed by atoms with E-state index < -0.39 is 21.2 Å². The first-order valence-electron chi connectivity index (χ1n) is 13.8. The minimum absolute atomic E-state index is 0.133. The van der Waals surface area contributed by atoms with Crippen LogP contribution in [0.15, 0.2) is 112 Å². The second-order valence-corrected chi connectivity index (χ2v) is 11.4. The highest BCUT2D eigenvalue weighted by molar-refractivity contribution is 7.07. The molecule has 2 heterocycles. The van der Waals surface area contributed by atoms with E-state index in [1.807, 2.05) is 42.5 Å². The van der Waals surface area contributed by atoms with Gasteiger partial charge in [-0.3, -0.25) is 29.6 Å². The van der Waals surface area contributed by atoms with Gasteiger partial charge < -0.3 is 4.74 Å². The smallest absolute Gasteiger partial charge is 0.318 e. The molecule has 0 saturated heterocycles. The molecule has 1 atom stereocenters. The molecule has 216 valence electrons. The number of aryl methyl sites for hydroxylation is 1. The van der Waals surface area contributed by atoms with E-state index in [-0.39, 0.29) is 23.1 Å². The third-order valence-corrected chi connectivity index (χ3v) is 8.70. The van der Waals surface area contributed by atoms with E-state index >= 15 is 0 Å². The highest BCUT2D eigenvalue weighted by Gasteiger charge is 2.32. The van der Waals surface area contributed by atoms with Gasteiger partial charge in [-0.05, 0) is 59.4 Å². The maximum Gasteiger partial charge on any atom is 0.318 e. The van der Waals surface area contributed by atoms with Gasteiger partial charge in [0.05, 0.1) is 32.2 Å². The molecule has 1 aliphatic carbocycles. The van der Waals surface area contributed by atoms with Crippen molar-refractivity contribution in [1.82, 2.24) is 4.57 Å². The highest BCUT2D eigenvalue weighted by Crippen LogP contribution is 2.41. The van der Waals surface area contributed by atoms with E-state index in [1.54, 1.807) is 34.9 Å². The molecule has 5 aromatic rings. The van der Waals surface area contributed by atoms with Crippen molar-refractivity contribution in [3.8, 4) is 11.5 Å². The fraction of sp³-hybridized carbons (Fsp3) is 0.0909. The molecule has 0 saturated carbocycles. The van der Waals surface area contributed by atoms with Crippen LogP contribution in [0.4, 0.5) is 11.4 Å². The van der Waals surface area contributed by atoms with Crippen LogP contribution in [0.1, 0.15) is 34.7 Å². The number of nitro groups is 2. The number of fused-ring (bicyclic) bond motifs is 3. The molecule has 0 unspecified atom stereocenters. The van der Waals surface area contributed by atoms with Crippen LogP contribution >= 0.6 is 11.3 Å². The van der Waals surface area contributed by atoms with Crippen molar-refractivity contribution >= 4 is 34.5 Å². The summed E-state index contributed by atoms with van der Waals surface area (Å²) in [5.41, 5.74) is 4.94. The van der Waals surface area contributed by atoms with Gasteiger partial charge in [0, 0.05) is 11.6 Å². The molecule has 1 aliphatic heterocycles. The molecule has 0 spiro atoms. The van der Waals surface area contributed by atoms with E-state index in [2.05, 4.69) is 12.1 Å². The molecule has 1 aromatic heterocycles. The van der Waals surface area contributed by atoms with Crippen molar-refractivity contribution in [2.75, 3.05) is 0 Å². The van der Waals surface area contributed by atoms with Gasteiger partial charge in [-0.25, -0.2) is 4.99 Å². The number of ether oxygens (including phenoxy) is 1. The van der Waals surface area contributed by atoms with Gasteiger partial charge in [0.2, 0.25) is 5.75 Å². The lowest BCUT2D eigenvalue weighted by Crippen LogP contribution is -2.38. The van der Waals surface area contributed by atoms with Gasteiger partial charge in [0.15, 0.2) is 4.80 Å². The van der Waals surface area contributed by atoms with Crippen molar-refractivity contribution in [3.63, 3.8) is 0 Å². The van der Waals surface area contributed by atoms with Gasteiger partial charge in [0.25, 0.3) is 11.2 Å². The largest absolute Gasteiger partial charge is 0.450 e. The van der Waals surface area contributed by atoms with E-state index in [0.29, 0.717) is 14.9 Å². The first-order valence-corrected chi connectivity index (χ1v) is 14.6. The number of hydrogen-bond acceptors (Lipinski definition) is 8. The topological polar surface area (TPSA) is 130 Å². The van der Waals surface area contributed by atoms with Crippen molar-refractivity contribution < 1.29 is 14.6 Å². The number of hydrogen-bond donors (Lipinski definition) is 0. The summed E-state index contributed by atoms with van der Waals surface area (Å²) in [4.78, 5) is 40.9. The summed E-state index contributed by atoms with van der Waals surface area (Å²) in [6.45, 7) is 0. The molecule has 0 radical (unpaired) electrons. The molecule has 44 heavy (non-hydrogen) atoms. The van der Waals surface area contributed by atoms with E-state index in [9.17, 15) is 25.0 Å². The summed E-state index contributed by atoms with van der Waals surface area (Å²) < 4.78 is 8.04. The maximum atomic E-state index is 14.0. The zero-order valence-electron chi connectivity index (χ0n) is 23.0. The van der Waals surface area contributed by atoms with Crippen molar-refractivity contribution in [2.24, 2.45) is 4.99 Å². The Morgan fingerprint density at radius 1 is 0.886 bits per heavy atom. The zero-order valence-corrected chi connectivity index (χ0v) is 23.8. The number of benzene rings is 4. The van der Waals surface area contributed by atoms with Crippen molar-refractivity contribution in [1.29, 1.82) is 0 Å². The van der Waals surface area contributed by atoms with Crippen LogP contribution in [0.5, 0.6) is 11.5 Å². The monoisotopic (exact) mass is 602 g/mol. The molecule has 10 nitrogen and oxygen atoms in total. The predicted molar refractivity (Wildman–Crippen MR) is 165 cm³/mol. The second kappa shape index (κ2) is 10.9. The Hall–Kier alpha value is -5.68. The number of non-ortho nitro benzene ring substituents is 1. The predicted octanol–water partition coefficient (Wildman–Crippen LogP) is 5.93. The zero-order chi connectivity index (χ0) is 30.4. The summed E-state index contributed by atoms with van der Waals surface area (Å²) in [7, 11) is 0. The summed E-state index contributed by atoms with van der Waals surface area (Å²) in [6.07, 6.45) is 3.42. The summed E-state index contributed by atoms with van der Waals surface area (Å²) in [6, 6.07) is 27.9. The van der Waals surface area contributed by atoms with Crippen LogP contribution in [-0.2, 0) is 6.42 Å². The quantitative estimate of drug-likeness (QED) is 0.175. The third-order valence-electron chi connectivity index (χ3n) is 7.72. The van der Waals surface area contributed by atoms with Gasteiger partial charge in [-0.1, -0.05) is 78.1 Å². The van der Waals surface area contributed by atoms with Crippen LogP contribution in [0.25, 0.3) is 11.8 Å². The highest BCUT2D eigenvalue weighted by atomic mass is 32.1. The Kier molecular flexibility index (Phi) is 6.71. The summed E-state index contributed by atoms with van der Waals surface area (Å²) >= 11 is 1.31. The molecule has 2 aliphatic rings. The SMILES string of the molecule is O=c1/c(=C/c2cccc(Oc3ccc([N+](=O)[O-])cc3[N+](=O)[O-])c2)sc2n1[C@H](c1ccccc1)C1=C(N=2)c2ccccc2CC1. The number of aromatic nitrogens is 1. The molecule has 7 rings (SSSR count). The molecule has 0 bridgehead atoms. The van der Waals surface area contributed by atoms with Crippen LogP contribution in [0, 0.1) is 20.2 Å². The number of nitrogens with zero attached hydrogens (tertiary/aromatic N) is 4. The average molecular weight is 603 g/mol. The van der Waals surface area contributed by atoms with Gasteiger partial charge in [0.1, 0.15) is 5.75 Å². The van der Waals surface area contributed by atoms with Gasteiger partial charge in [-0.15, -0.1) is 0 Å². The minimum Gasteiger partial charge on any atom is -0.450 e. The fourth-order valence-corrected chi connectivity index (χ4v) is 6.75. The summed E-state index contributed by atoms with van der Waals surface area (Å²) in [5.74, 6) is 0.142. The Balaban J connectivity index is 1.32. The number of allylic oxidation sites excluding steroid dienone is 1. The Labute approximate surface area is 253 Å². The Morgan fingerprint density at radius 2 is 1.68 bits per heavy atom. The first kappa shape index (κ1) is 27.2. The molecular weight excluding hydrogens is 580 g/mol. The summed E-state index contributed by atoms with van der Waals surface area (Å²) in [5, 5.41) is 22.7. The van der Waals surface area contributed by atoms with E-state index in [1.165, 1.54) is 23.0 Å².